The minimum atomic E-state index is -0.593. The summed E-state index contributed by atoms with van der Waals surface area (Å²) >= 11 is 0. The van der Waals surface area contributed by atoms with Crippen LogP contribution in [0.4, 0.5) is 0 Å². The van der Waals surface area contributed by atoms with Crippen LogP contribution in [-0.4, -0.2) is 17.5 Å². The van der Waals surface area contributed by atoms with Gasteiger partial charge in [0.2, 0.25) is 0 Å². The Labute approximate surface area is 138 Å². The zero-order chi connectivity index (χ0) is 17.5. The van der Waals surface area contributed by atoms with Gasteiger partial charge < -0.3 is 9.47 Å². The third-order valence-electron chi connectivity index (χ3n) is 2.80. The van der Waals surface area contributed by atoms with E-state index in [1.165, 1.54) is 6.08 Å². The maximum absolute atomic E-state index is 12.3. The van der Waals surface area contributed by atoms with Crippen LogP contribution in [-0.2, 0) is 25.7 Å². The number of carbonyl (C=O) groups is 2. The molecule has 0 aliphatic carbocycles. The van der Waals surface area contributed by atoms with Gasteiger partial charge in [0.1, 0.15) is 12.2 Å². The first-order valence-electron chi connectivity index (χ1n) is 7.82. The molecular formula is C19H26O4. The van der Waals surface area contributed by atoms with Gasteiger partial charge in [-0.05, 0) is 38.7 Å². The monoisotopic (exact) mass is 318 g/mol. The molecule has 0 radical (unpaired) electrons. The molecule has 0 aromatic heterocycles. The van der Waals surface area contributed by atoms with E-state index in [9.17, 15) is 9.59 Å². The Morgan fingerprint density at radius 2 is 1.74 bits per heavy atom. The van der Waals surface area contributed by atoms with E-state index < -0.39 is 17.5 Å². The summed E-state index contributed by atoms with van der Waals surface area (Å²) in [7, 11) is 0. The Kier molecular flexibility index (Phi) is 7.01. The molecule has 1 rings (SSSR count). The van der Waals surface area contributed by atoms with E-state index in [-0.39, 0.29) is 12.5 Å². The summed E-state index contributed by atoms with van der Waals surface area (Å²) in [6.45, 7) is 9.50. The summed E-state index contributed by atoms with van der Waals surface area (Å²) in [5.74, 6) is -0.772. The summed E-state index contributed by atoms with van der Waals surface area (Å²) < 4.78 is 10.5. The van der Waals surface area contributed by atoms with Crippen LogP contribution in [0, 0.1) is 5.92 Å². The van der Waals surface area contributed by atoms with Crippen LogP contribution in [0.3, 0.4) is 0 Å². The van der Waals surface area contributed by atoms with Crippen molar-refractivity contribution < 1.29 is 19.1 Å². The van der Waals surface area contributed by atoms with Gasteiger partial charge >= 0.3 is 11.9 Å². The van der Waals surface area contributed by atoms with Gasteiger partial charge in [0.05, 0.1) is 0 Å². The molecule has 1 aromatic carbocycles. The van der Waals surface area contributed by atoms with Gasteiger partial charge in [-0.25, -0.2) is 9.59 Å². The second-order valence-corrected chi connectivity index (χ2v) is 6.86. The van der Waals surface area contributed by atoms with E-state index in [1.807, 2.05) is 44.2 Å². The van der Waals surface area contributed by atoms with Crippen molar-refractivity contribution in [1.29, 1.82) is 0 Å². The van der Waals surface area contributed by atoms with Crippen molar-refractivity contribution in [3.8, 4) is 0 Å². The summed E-state index contributed by atoms with van der Waals surface area (Å²) in [6.07, 6.45) is 1.71. The zero-order valence-electron chi connectivity index (χ0n) is 14.6. The molecule has 0 saturated heterocycles. The lowest BCUT2D eigenvalue weighted by Crippen LogP contribution is -2.23. The summed E-state index contributed by atoms with van der Waals surface area (Å²) in [5, 5.41) is 0. The molecule has 126 valence electrons. The molecule has 0 spiro atoms. The highest BCUT2D eigenvalue weighted by Crippen LogP contribution is 2.15. The predicted octanol–water partition coefficient (Wildman–Crippen LogP) is 4.04. The lowest BCUT2D eigenvalue weighted by molar-refractivity contribution is -0.149. The van der Waals surface area contributed by atoms with Gasteiger partial charge in [-0.1, -0.05) is 44.2 Å². The van der Waals surface area contributed by atoms with E-state index in [4.69, 9.17) is 9.47 Å². The smallest absolute Gasteiger partial charge is 0.334 e. The lowest BCUT2D eigenvalue weighted by Gasteiger charge is -2.18. The van der Waals surface area contributed by atoms with E-state index in [0.717, 1.165) is 5.56 Å². The average molecular weight is 318 g/mol. The fourth-order valence-electron chi connectivity index (χ4n) is 1.93. The maximum atomic E-state index is 12.3. The Hall–Kier alpha value is -2.10. The standard InChI is InChI=1S/C19H26O4/c1-14(2)11-16(12-17(20)23-19(3,4)5)18(21)22-13-15-9-7-6-8-10-15/h6-10,12,14H,11,13H2,1-5H3. The number of ether oxygens (including phenoxy) is 2. The van der Waals surface area contributed by atoms with Crippen LogP contribution >= 0.6 is 0 Å². The van der Waals surface area contributed by atoms with Crippen molar-refractivity contribution in [1.82, 2.24) is 0 Å². The molecule has 0 N–H and O–H groups in total. The molecule has 0 atom stereocenters. The van der Waals surface area contributed by atoms with Crippen molar-refractivity contribution in [2.75, 3.05) is 0 Å². The van der Waals surface area contributed by atoms with Gasteiger partial charge in [0.15, 0.2) is 0 Å². The molecule has 1 aromatic rings. The Bertz CT molecular complexity index is 550. The van der Waals surface area contributed by atoms with Gasteiger partial charge in [-0.2, -0.15) is 0 Å². The highest BCUT2D eigenvalue weighted by atomic mass is 16.6. The van der Waals surface area contributed by atoms with Crippen LogP contribution in [0.25, 0.3) is 0 Å². The second-order valence-electron chi connectivity index (χ2n) is 6.86. The second kappa shape index (κ2) is 8.51. The van der Waals surface area contributed by atoms with Gasteiger partial charge in [-0.3, -0.25) is 0 Å². The number of hydrogen-bond acceptors (Lipinski definition) is 4. The summed E-state index contributed by atoms with van der Waals surface area (Å²) in [5.41, 5.74) is 0.650. The van der Waals surface area contributed by atoms with Gasteiger partial charge in [-0.15, -0.1) is 0 Å². The fourth-order valence-corrected chi connectivity index (χ4v) is 1.93. The van der Waals surface area contributed by atoms with Crippen LogP contribution in [0.2, 0.25) is 0 Å². The van der Waals surface area contributed by atoms with Crippen LogP contribution in [0.15, 0.2) is 42.0 Å². The molecule has 0 unspecified atom stereocenters. The molecule has 0 bridgehead atoms. The van der Waals surface area contributed by atoms with Crippen molar-refractivity contribution in [3.05, 3.63) is 47.5 Å². The van der Waals surface area contributed by atoms with Gasteiger partial charge in [0, 0.05) is 11.6 Å². The van der Waals surface area contributed by atoms with E-state index in [0.29, 0.717) is 12.0 Å². The molecule has 23 heavy (non-hydrogen) atoms. The van der Waals surface area contributed by atoms with Crippen LogP contribution in [0.5, 0.6) is 0 Å². The third-order valence-corrected chi connectivity index (χ3v) is 2.80. The molecule has 0 aliphatic heterocycles. The molecule has 0 amide bonds. The largest absolute Gasteiger partial charge is 0.457 e. The molecule has 0 aliphatic rings. The molecule has 4 heteroatoms. The number of rotatable bonds is 6. The first-order chi connectivity index (χ1) is 10.7. The number of esters is 2. The van der Waals surface area contributed by atoms with Crippen LogP contribution in [0.1, 0.15) is 46.6 Å². The Morgan fingerprint density at radius 1 is 1.13 bits per heavy atom. The zero-order valence-corrected chi connectivity index (χ0v) is 14.6. The highest BCUT2D eigenvalue weighted by Gasteiger charge is 2.19. The highest BCUT2D eigenvalue weighted by molar-refractivity contribution is 5.96. The molecular weight excluding hydrogens is 292 g/mol. The van der Waals surface area contributed by atoms with Crippen molar-refractivity contribution in [3.63, 3.8) is 0 Å². The number of hydrogen-bond donors (Lipinski definition) is 0. The topological polar surface area (TPSA) is 52.6 Å². The van der Waals surface area contributed by atoms with Crippen molar-refractivity contribution >= 4 is 11.9 Å². The van der Waals surface area contributed by atoms with E-state index in [1.54, 1.807) is 20.8 Å². The van der Waals surface area contributed by atoms with Crippen LogP contribution < -0.4 is 0 Å². The Balaban J connectivity index is 2.76. The minimum absolute atomic E-state index is 0.184. The first-order valence-corrected chi connectivity index (χ1v) is 7.82. The quantitative estimate of drug-likeness (QED) is 0.586. The number of benzene rings is 1. The normalized spacial score (nSPS) is 12.2. The first kappa shape index (κ1) is 18.9. The maximum Gasteiger partial charge on any atom is 0.334 e. The van der Waals surface area contributed by atoms with Crippen molar-refractivity contribution in [2.45, 2.75) is 53.2 Å². The fraction of sp³-hybridized carbons (Fsp3) is 0.474. The van der Waals surface area contributed by atoms with Crippen molar-refractivity contribution in [2.24, 2.45) is 5.92 Å². The molecule has 0 heterocycles. The average Bonchev–Trinajstić information content (AvgIpc) is 2.42. The summed E-state index contributed by atoms with van der Waals surface area (Å²) in [6, 6.07) is 9.43. The SMILES string of the molecule is CC(C)CC(=CC(=O)OC(C)(C)C)C(=O)OCc1ccccc1. The Morgan fingerprint density at radius 3 is 2.26 bits per heavy atom. The molecule has 4 nitrogen and oxygen atoms in total. The number of carbonyl (C=O) groups excluding carboxylic acids is 2. The van der Waals surface area contributed by atoms with E-state index >= 15 is 0 Å². The molecule has 0 fully saturated rings. The third kappa shape index (κ3) is 8.19. The summed E-state index contributed by atoms with van der Waals surface area (Å²) in [4.78, 5) is 24.2. The minimum Gasteiger partial charge on any atom is -0.457 e. The lowest BCUT2D eigenvalue weighted by atomic mass is 10.0. The van der Waals surface area contributed by atoms with E-state index in [2.05, 4.69) is 0 Å². The van der Waals surface area contributed by atoms with Gasteiger partial charge in [0.25, 0.3) is 0 Å². The molecule has 0 saturated carbocycles. The predicted molar refractivity (Wildman–Crippen MR) is 89.6 cm³/mol.